The molecule has 1 fully saturated rings. The van der Waals surface area contributed by atoms with Gasteiger partial charge in [0.1, 0.15) is 0 Å². The molecule has 1 unspecified atom stereocenters. The smallest absolute Gasteiger partial charge is 0.0497 e. The Morgan fingerprint density at radius 2 is 2.12 bits per heavy atom. The molecule has 0 aliphatic carbocycles. The lowest BCUT2D eigenvalue weighted by Crippen LogP contribution is -2.09. The van der Waals surface area contributed by atoms with Crippen LogP contribution in [-0.2, 0) is 0 Å². The first kappa shape index (κ1) is 13.4. The second-order valence-electron chi connectivity index (χ2n) is 4.75. The minimum atomic E-state index is 0.214. The summed E-state index contributed by atoms with van der Waals surface area (Å²) in [5.41, 5.74) is 2.66. The van der Waals surface area contributed by atoms with Crippen LogP contribution < -0.4 is 0 Å². The Kier molecular flexibility index (Phi) is 4.95. The van der Waals surface area contributed by atoms with Crippen LogP contribution >= 0.6 is 27.7 Å². The number of thioether (sulfide) groups is 1. The summed E-state index contributed by atoms with van der Waals surface area (Å²) in [7, 11) is 0. The fourth-order valence-corrected chi connectivity index (χ4v) is 4.12. The molecule has 0 saturated carbocycles. The van der Waals surface area contributed by atoms with Crippen molar-refractivity contribution in [2.75, 3.05) is 18.1 Å². The van der Waals surface area contributed by atoms with Gasteiger partial charge < -0.3 is 5.11 Å². The summed E-state index contributed by atoms with van der Waals surface area (Å²) < 4.78 is 1.22. The first-order chi connectivity index (χ1) is 8.22. The van der Waals surface area contributed by atoms with Gasteiger partial charge in [0.2, 0.25) is 0 Å². The van der Waals surface area contributed by atoms with Crippen LogP contribution in [0.5, 0.6) is 0 Å². The highest BCUT2D eigenvalue weighted by Crippen LogP contribution is 2.36. The number of rotatable bonds is 3. The zero-order valence-corrected chi connectivity index (χ0v) is 12.6. The number of hydrogen-bond donors (Lipinski definition) is 1. The van der Waals surface area contributed by atoms with E-state index in [1.54, 1.807) is 0 Å². The predicted molar refractivity (Wildman–Crippen MR) is 78.9 cm³/mol. The number of hydrogen-bond acceptors (Lipinski definition) is 2. The van der Waals surface area contributed by atoms with E-state index in [-0.39, 0.29) is 12.5 Å². The Morgan fingerprint density at radius 3 is 2.71 bits per heavy atom. The second kappa shape index (κ2) is 6.26. The summed E-state index contributed by atoms with van der Waals surface area (Å²) in [6, 6.07) is 6.59. The first-order valence-electron chi connectivity index (χ1n) is 6.20. The molecule has 1 aliphatic heterocycles. The van der Waals surface area contributed by atoms with E-state index in [0.29, 0.717) is 5.92 Å². The van der Waals surface area contributed by atoms with Gasteiger partial charge in [0.05, 0.1) is 0 Å². The van der Waals surface area contributed by atoms with Gasteiger partial charge in [0.15, 0.2) is 0 Å². The van der Waals surface area contributed by atoms with E-state index in [1.165, 1.54) is 39.9 Å². The lowest BCUT2D eigenvalue weighted by Gasteiger charge is -2.23. The molecule has 1 aromatic carbocycles. The molecule has 3 heteroatoms. The quantitative estimate of drug-likeness (QED) is 0.904. The van der Waals surface area contributed by atoms with Crippen molar-refractivity contribution in [2.45, 2.75) is 31.6 Å². The number of aliphatic hydroxyl groups is 1. The summed E-state index contributed by atoms with van der Waals surface area (Å²) in [6.07, 6.45) is 2.58. The van der Waals surface area contributed by atoms with Crippen molar-refractivity contribution in [3.8, 4) is 0 Å². The van der Waals surface area contributed by atoms with Crippen LogP contribution in [0.2, 0.25) is 0 Å². The highest BCUT2D eigenvalue weighted by Gasteiger charge is 2.18. The Bertz CT molecular complexity index is 374. The number of halogens is 1. The maximum absolute atomic E-state index is 9.18. The van der Waals surface area contributed by atoms with Crippen molar-refractivity contribution in [2.24, 2.45) is 0 Å². The van der Waals surface area contributed by atoms with Gasteiger partial charge in [0, 0.05) is 17.0 Å². The predicted octanol–water partition coefficient (Wildman–Crippen LogP) is 4.16. The first-order valence-corrected chi connectivity index (χ1v) is 8.15. The molecule has 1 aliphatic rings. The largest absolute Gasteiger partial charge is 0.396 e. The van der Waals surface area contributed by atoms with Gasteiger partial charge in [0.25, 0.3) is 0 Å². The molecular weight excluding hydrogens is 296 g/mol. The Labute approximate surface area is 116 Å². The van der Waals surface area contributed by atoms with E-state index in [2.05, 4.69) is 52.8 Å². The minimum Gasteiger partial charge on any atom is -0.396 e. The molecule has 17 heavy (non-hydrogen) atoms. The number of benzene rings is 1. The maximum Gasteiger partial charge on any atom is 0.0497 e. The van der Waals surface area contributed by atoms with Crippen molar-refractivity contribution >= 4 is 27.7 Å². The van der Waals surface area contributed by atoms with E-state index >= 15 is 0 Å². The standard InChI is InChI=1S/C14H19BrOS/c1-10(9-16)12-2-3-13(14(15)8-12)11-4-6-17-7-5-11/h2-3,8,10-11,16H,4-7,9H2,1H3. The third-order valence-corrected chi connectivity index (χ3v) is 5.26. The van der Waals surface area contributed by atoms with E-state index in [1.807, 2.05) is 0 Å². The van der Waals surface area contributed by atoms with Crippen LogP contribution in [0.1, 0.15) is 42.7 Å². The monoisotopic (exact) mass is 314 g/mol. The third kappa shape index (κ3) is 3.27. The fourth-order valence-electron chi connectivity index (χ4n) is 2.29. The van der Waals surface area contributed by atoms with E-state index < -0.39 is 0 Å². The summed E-state index contributed by atoms with van der Waals surface area (Å²) in [5, 5.41) is 9.18. The third-order valence-electron chi connectivity index (χ3n) is 3.53. The zero-order valence-electron chi connectivity index (χ0n) is 10.2. The lowest BCUT2D eigenvalue weighted by atomic mass is 9.91. The highest BCUT2D eigenvalue weighted by atomic mass is 79.9. The Hall–Kier alpha value is 0.01000. The fraction of sp³-hybridized carbons (Fsp3) is 0.571. The van der Waals surface area contributed by atoms with Crippen LogP contribution in [0, 0.1) is 0 Å². The molecule has 1 heterocycles. The van der Waals surface area contributed by atoms with Crippen molar-refractivity contribution in [3.63, 3.8) is 0 Å². The minimum absolute atomic E-state index is 0.214. The van der Waals surface area contributed by atoms with E-state index in [0.717, 1.165) is 0 Å². The van der Waals surface area contributed by atoms with Gasteiger partial charge in [-0.2, -0.15) is 11.8 Å². The van der Waals surface area contributed by atoms with Crippen molar-refractivity contribution in [3.05, 3.63) is 33.8 Å². The average Bonchev–Trinajstić information content (AvgIpc) is 2.38. The van der Waals surface area contributed by atoms with Crippen molar-refractivity contribution in [1.29, 1.82) is 0 Å². The highest BCUT2D eigenvalue weighted by molar-refractivity contribution is 9.10. The topological polar surface area (TPSA) is 20.2 Å². The van der Waals surface area contributed by atoms with Crippen LogP contribution in [0.3, 0.4) is 0 Å². The molecule has 0 bridgehead atoms. The van der Waals surface area contributed by atoms with Crippen LogP contribution in [0.4, 0.5) is 0 Å². The lowest BCUT2D eigenvalue weighted by molar-refractivity contribution is 0.273. The van der Waals surface area contributed by atoms with E-state index in [4.69, 9.17) is 0 Å². The molecule has 1 N–H and O–H groups in total. The van der Waals surface area contributed by atoms with E-state index in [9.17, 15) is 5.11 Å². The zero-order chi connectivity index (χ0) is 12.3. The molecule has 1 nitrogen and oxygen atoms in total. The summed E-state index contributed by atoms with van der Waals surface area (Å²) in [6.45, 7) is 2.27. The molecule has 94 valence electrons. The molecule has 0 radical (unpaired) electrons. The molecule has 0 amide bonds. The summed E-state index contributed by atoms with van der Waals surface area (Å²) >= 11 is 5.75. The molecule has 1 atom stereocenters. The summed E-state index contributed by atoms with van der Waals surface area (Å²) in [5.74, 6) is 3.50. The molecule has 0 aromatic heterocycles. The normalized spacial score (nSPS) is 19.2. The second-order valence-corrected chi connectivity index (χ2v) is 6.83. The van der Waals surface area contributed by atoms with Crippen LogP contribution in [0.15, 0.2) is 22.7 Å². The average molecular weight is 315 g/mol. The van der Waals surface area contributed by atoms with Crippen LogP contribution in [0.25, 0.3) is 0 Å². The van der Waals surface area contributed by atoms with Gasteiger partial charge in [-0.25, -0.2) is 0 Å². The van der Waals surface area contributed by atoms with Crippen LogP contribution in [-0.4, -0.2) is 23.2 Å². The summed E-state index contributed by atoms with van der Waals surface area (Å²) in [4.78, 5) is 0. The molecular formula is C14H19BrOS. The van der Waals surface area contributed by atoms with Gasteiger partial charge in [-0.05, 0) is 47.5 Å². The Balaban J connectivity index is 2.18. The SMILES string of the molecule is CC(CO)c1ccc(C2CCSCC2)c(Br)c1. The van der Waals surface area contributed by atoms with Crippen molar-refractivity contribution < 1.29 is 5.11 Å². The maximum atomic E-state index is 9.18. The molecule has 0 spiro atoms. The van der Waals surface area contributed by atoms with Gasteiger partial charge in [-0.1, -0.05) is 35.0 Å². The molecule has 1 aromatic rings. The van der Waals surface area contributed by atoms with Gasteiger partial charge in [-0.15, -0.1) is 0 Å². The van der Waals surface area contributed by atoms with Gasteiger partial charge in [-0.3, -0.25) is 0 Å². The molecule has 1 saturated heterocycles. The Morgan fingerprint density at radius 1 is 1.41 bits per heavy atom. The molecule has 2 rings (SSSR count). The van der Waals surface area contributed by atoms with Crippen molar-refractivity contribution in [1.82, 2.24) is 0 Å². The number of aliphatic hydroxyl groups excluding tert-OH is 1. The van der Waals surface area contributed by atoms with Gasteiger partial charge >= 0.3 is 0 Å².